The van der Waals surface area contributed by atoms with Gasteiger partial charge in [-0.2, -0.15) is 0 Å². The van der Waals surface area contributed by atoms with E-state index in [1.807, 2.05) is 0 Å². The van der Waals surface area contributed by atoms with Crippen LogP contribution >= 0.6 is 0 Å². The Morgan fingerprint density at radius 2 is 1.38 bits per heavy atom. The van der Waals surface area contributed by atoms with Crippen LogP contribution < -0.4 is 0 Å². The molecule has 0 N–H and O–H groups in total. The fraction of sp³-hybridized carbons (Fsp3) is 1.00. The molecule has 1 saturated heterocycles. The first-order chi connectivity index (χ1) is 11.4. The van der Waals surface area contributed by atoms with Gasteiger partial charge in [0.1, 0.15) is 0 Å². The molecule has 1 heterocycles. The van der Waals surface area contributed by atoms with Gasteiger partial charge in [-0.25, -0.2) is 8.78 Å². The second-order valence-corrected chi connectivity index (χ2v) is 13.0. The van der Waals surface area contributed by atoms with E-state index in [2.05, 4.69) is 6.92 Å². The lowest BCUT2D eigenvalue weighted by atomic mass is 9.76. The first-order valence-corrected chi connectivity index (χ1v) is 12.9. The predicted molar refractivity (Wildman–Crippen MR) is 96.7 cm³/mol. The summed E-state index contributed by atoms with van der Waals surface area (Å²) in [5.74, 6) is -0.595. The molecule has 3 rings (SSSR count). The average molecular weight is 361 g/mol. The quantitative estimate of drug-likeness (QED) is 0.360. The number of rotatable bonds is 4. The maximum absolute atomic E-state index is 15.7. The van der Waals surface area contributed by atoms with Crippen molar-refractivity contribution in [2.24, 2.45) is 17.8 Å². The molecule has 1 aliphatic heterocycles. The lowest BCUT2D eigenvalue weighted by Gasteiger charge is -2.43. The average Bonchev–Trinajstić information content (AvgIpc) is 2.57. The fourth-order valence-corrected chi connectivity index (χ4v) is 10.0. The summed E-state index contributed by atoms with van der Waals surface area (Å²) in [7, 11) is -2.57. The third-order valence-electron chi connectivity index (χ3n) is 7.57. The smallest absolute Gasteiger partial charge is 0.250 e. The van der Waals surface area contributed by atoms with Gasteiger partial charge < -0.3 is 4.11 Å². The van der Waals surface area contributed by atoms with Crippen LogP contribution in [0.5, 0.6) is 0 Å². The van der Waals surface area contributed by atoms with Gasteiger partial charge in [-0.05, 0) is 48.2 Å². The Bertz CT molecular complexity index is 386. The zero-order valence-electron chi connectivity index (χ0n) is 15.3. The van der Waals surface area contributed by atoms with Crippen molar-refractivity contribution in [1.82, 2.24) is 0 Å². The summed E-state index contributed by atoms with van der Waals surface area (Å²) in [6.07, 6.45) is 10.8. The van der Waals surface area contributed by atoms with Crippen LogP contribution in [-0.2, 0) is 0 Å². The van der Waals surface area contributed by atoms with Crippen molar-refractivity contribution in [3.63, 3.8) is 0 Å². The summed E-state index contributed by atoms with van der Waals surface area (Å²) < 4.78 is 42.3. The van der Waals surface area contributed by atoms with Crippen molar-refractivity contribution in [3.8, 4) is 0 Å². The van der Waals surface area contributed by atoms with Gasteiger partial charge in [0.15, 0.2) is 0 Å². The Morgan fingerprint density at radius 1 is 0.833 bits per heavy atom. The minimum Gasteiger partial charge on any atom is -0.314 e. The minimum atomic E-state index is -2.57. The molecule has 0 atom stereocenters. The van der Waals surface area contributed by atoms with Gasteiger partial charge in [0.05, 0.1) is 0 Å². The van der Waals surface area contributed by atoms with Gasteiger partial charge >= 0.3 is 0 Å². The van der Waals surface area contributed by atoms with Crippen LogP contribution in [0, 0.1) is 17.8 Å². The maximum atomic E-state index is 15.7. The van der Waals surface area contributed by atoms with Crippen LogP contribution in [0.4, 0.5) is 12.9 Å². The molecule has 2 aliphatic carbocycles. The molecule has 3 fully saturated rings. The molecular formula is C20H35F3Si. The molecule has 2 saturated carbocycles. The number of hydrogen-bond acceptors (Lipinski definition) is 0. The molecule has 140 valence electrons. The highest BCUT2D eigenvalue weighted by molar-refractivity contribution is 6.74. The zero-order chi connectivity index (χ0) is 17.2. The van der Waals surface area contributed by atoms with Crippen LogP contribution in [0.3, 0.4) is 0 Å². The maximum Gasteiger partial charge on any atom is 0.250 e. The van der Waals surface area contributed by atoms with Gasteiger partial charge in [0.2, 0.25) is 14.3 Å². The third kappa shape index (κ3) is 4.39. The SMILES string of the molecule is CCCC1CCC([Si]2(F)CCC(C3CCC(F)(F)CC3)CC2)CC1. The molecule has 0 unspecified atom stereocenters. The molecular weight excluding hydrogens is 325 g/mol. The summed E-state index contributed by atoms with van der Waals surface area (Å²) in [6.45, 7) is 2.25. The van der Waals surface area contributed by atoms with Crippen LogP contribution in [-0.4, -0.2) is 14.3 Å². The van der Waals surface area contributed by atoms with Crippen molar-refractivity contribution < 1.29 is 12.9 Å². The summed E-state index contributed by atoms with van der Waals surface area (Å²) in [5.41, 5.74) is 0.405. The molecule has 0 aromatic heterocycles. The van der Waals surface area contributed by atoms with E-state index in [1.165, 1.54) is 25.7 Å². The summed E-state index contributed by atoms with van der Waals surface area (Å²) in [6, 6.07) is 1.65. The zero-order valence-corrected chi connectivity index (χ0v) is 16.3. The van der Waals surface area contributed by atoms with E-state index in [0.29, 0.717) is 30.2 Å². The minimum absolute atomic E-state index is 0.0633. The Labute approximate surface area is 147 Å². The van der Waals surface area contributed by atoms with Gasteiger partial charge in [-0.1, -0.05) is 58.3 Å². The lowest BCUT2D eigenvalue weighted by Crippen LogP contribution is -2.42. The molecule has 0 aromatic rings. The summed E-state index contributed by atoms with van der Waals surface area (Å²) >= 11 is 0. The first-order valence-electron chi connectivity index (χ1n) is 10.5. The van der Waals surface area contributed by atoms with E-state index in [4.69, 9.17) is 0 Å². The van der Waals surface area contributed by atoms with Gasteiger partial charge in [0.25, 0.3) is 0 Å². The van der Waals surface area contributed by atoms with Crippen LogP contribution in [0.15, 0.2) is 0 Å². The molecule has 0 bridgehead atoms. The van der Waals surface area contributed by atoms with E-state index < -0.39 is 14.3 Å². The summed E-state index contributed by atoms with van der Waals surface area (Å²) in [5, 5.41) is 0. The largest absolute Gasteiger partial charge is 0.314 e. The molecule has 0 amide bonds. The Balaban J connectivity index is 1.46. The van der Waals surface area contributed by atoms with E-state index >= 15 is 4.11 Å². The topological polar surface area (TPSA) is 0 Å². The van der Waals surface area contributed by atoms with Gasteiger partial charge in [0, 0.05) is 12.8 Å². The van der Waals surface area contributed by atoms with Crippen LogP contribution in [0.1, 0.15) is 84.0 Å². The van der Waals surface area contributed by atoms with E-state index in [-0.39, 0.29) is 12.8 Å². The highest BCUT2D eigenvalue weighted by atomic mass is 28.4. The third-order valence-corrected chi connectivity index (χ3v) is 11.8. The number of hydrogen-bond donors (Lipinski definition) is 0. The van der Waals surface area contributed by atoms with Crippen molar-refractivity contribution in [1.29, 1.82) is 0 Å². The molecule has 0 aromatic carbocycles. The van der Waals surface area contributed by atoms with Crippen molar-refractivity contribution in [2.45, 2.75) is 108 Å². The molecule has 0 nitrogen and oxygen atoms in total. The molecule has 24 heavy (non-hydrogen) atoms. The van der Waals surface area contributed by atoms with Crippen molar-refractivity contribution >= 4 is 8.41 Å². The predicted octanol–water partition coefficient (Wildman–Crippen LogP) is 7.50. The van der Waals surface area contributed by atoms with Crippen molar-refractivity contribution in [3.05, 3.63) is 0 Å². The van der Waals surface area contributed by atoms with Gasteiger partial charge in [-0.15, -0.1) is 0 Å². The second-order valence-electron chi connectivity index (χ2n) is 9.07. The van der Waals surface area contributed by atoms with E-state index in [1.54, 1.807) is 0 Å². The van der Waals surface area contributed by atoms with Crippen LogP contribution in [0.2, 0.25) is 17.6 Å². The Morgan fingerprint density at radius 3 is 1.92 bits per heavy atom. The lowest BCUT2D eigenvalue weighted by molar-refractivity contribution is -0.0530. The molecule has 3 aliphatic rings. The van der Waals surface area contributed by atoms with Crippen LogP contribution in [0.25, 0.3) is 0 Å². The van der Waals surface area contributed by atoms with E-state index in [0.717, 1.165) is 43.7 Å². The molecule has 0 radical (unpaired) electrons. The Kier molecular flexibility index (Phi) is 6.04. The first kappa shape index (κ1) is 18.8. The highest BCUT2D eigenvalue weighted by Crippen LogP contribution is 2.51. The number of halogens is 3. The number of alkyl halides is 2. The normalized spacial score (nSPS) is 41.2. The second kappa shape index (κ2) is 7.71. The van der Waals surface area contributed by atoms with Gasteiger partial charge in [-0.3, -0.25) is 0 Å². The summed E-state index contributed by atoms with van der Waals surface area (Å²) in [4.78, 5) is 0. The fourth-order valence-electron chi connectivity index (χ4n) is 5.91. The molecule has 4 heteroatoms. The standard InChI is InChI=1S/C20H35F3Si/c1-2-3-16-4-6-19(7-5-16)24(23)14-10-18(11-15-24)17-8-12-20(21,22)13-9-17/h16-19H,2-15H2,1H3. The van der Waals surface area contributed by atoms with Crippen molar-refractivity contribution in [2.75, 3.05) is 0 Å². The van der Waals surface area contributed by atoms with E-state index in [9.17, 15) is 8.78 Å². The highest BCUT2D eigenvalue weighted by Gasteiger charge is 2.48. The molecule has 0 spiro atoms. The Hall–Kier alpha value is 0.00688. The monoisotopic (exact) mass is 360 g/mol.